The first kappa shape index (κ1) is 10.1. The van der Waals surface area contributed by atoms with Crippen LogP contribution in [0.25, 0.3) is 5.65 Å². The molecule has 0 aliphatic heterocycles. The van der Waals surface area contributed by atoms with Gasteiger partial charge in [-0.05, 0) is 18.6 Å². The summed E-state index contributed by atoms with van der Waals surface area (Å²) in [5.74, 6) is 0.676. The number of aliphatic hydroxyl groups is 1. The minimum Gasteiger partial charge on any atom is -0.395 e. The molecule has 0 amide bonds. The largest absolute Gasteiger partial charge is 0.395 e. The predicted octanol–water partition coefficient (Wildman–Crippen LogP) is 1.31. The van der Waals surface area contributed by atoms with Gasteiger partial charge in [0.25, 0.3) is 0 Å². The van der Waals surface area contributed by atoms with Crippen LogP contribution in [-0.2, 0) is 5.41 Å². The van der Waals surface area contributed by atoms with Gasteiger partial charge in [0.2, 0.25) is 0 Å². The van der Waals surface area contributed by atoms with E-state index in [2.05, 4.69) is 10.1 Å². The van der Waals surface area contributed by atoms with Gasteiger partial charge < -0.3 is 5.11 Å². The zero-order chi connectivity index (χ0) is 11.1. The summed E-state index contributed by atoms with van der Waals surface area (Å²) in [4.78, 5) is 4.39. The number of aryl methyl sites for hydroxylation is 1. The number of hydrogen-bond donors (Lipinski definition) is 1. The monoisotopic (exact) mass is 205 g/mol. The molecule has 80 valence electrons. The Morgan fingerprint density at radius 1 is 1.40 bits per heavy atom. The quantitative estimate of drug-likeness (QED) is 0.804. The molecule has 0 aromatic carbocycles. The van der Waals surface area contributed by atoms with Crippen molar-refractivity contribution in [2.75, 3.05) is 6.61 Å². The second-order valence-electron chi connectivity index (χ2n) is 4.49. The first-order valence-corrected chi connectivity index (χ1v) is 4.97. The minimum atomic E-state index is -0.389. The molecule has 4 nitrogen and oxygen atoms in total. The molecule has 0 aliphatic rings. The molecule has 0 saturated heterocycles. The van der Waals surface area contributed by atoms with Crippen molar-refractivity contribution in [1.82, 2.24) is 14.6 Å². The van der Waals surface area contributed by atoms with Gasteiger partial charge in [-0.15, -0.1) is 0 Å². The van der Waals surface area contributed by atoms with Crippen LogP contribution in [0.1, 0.15) is 25.2 Å². The van der Waals surface area contributed by atoms with Gasteiger partial charge in [-0.1, -0.05) is 19.9 Å². The molecule has 4 heteroatoms. The van der Waals surface area contributed by atoms with Crippen LogP contribution in [0.15, 0.2) is 18.3 Å². The van der Waals surface area contributed by atoms with E-state index in [0.29, 0.717) is 5.82 Å². The second-order valence-corrected chi connectivity index (χ2v) is 4.49. The number of aromatic nitrogens is 3. The molecule has 2 aromatic heterocycles. The van der Waals surface area contributed by atoms with Gasteiger partial charge in [0.05, 0.1) is 6.61 Å². The summed E-state index contributed by atoms with van der Waals surface area (Å²) in [6.07, 6.45) is 1.93. The fourth-order valence-electron chi connectivity index (χ4n) is 1.34. The summed E-state index contributed by atoms with van der Waals surface area (Å²) in [7, 11) is 0. The molecule has 0 fully saturated rings. The van der Waals surface area contributed by atoms with Crippen LogP contribution in [-0.4, -0.2) is 26.3 Å². The average molecular weight is 205 g/mol. The molecule has 0 aliphatic carbocycles. The maximum atomic E-state index is 9.24. The Hall–Kier alpha value is -1.42. The maximum Gasteiger partial charge on any atom is 0.159 e. The fourth-order valence-corrected chi connectivity index (χ4v) is 1.34. The van der Waals surface area contributed by atoms with Crippen LogP contribution in [0.2, 0.25) is 0 Å². The van der Waals surface area contributed by atoms with Gasteiger partial charge in [0, 0.05) is 11.6 Å². The van der Waals surface area contributed by atoms with E-state index in [1.165, 1.54) is 0 Å². The molecule has 0 radical (unpaired) electrons. The summed E-state index contributed by atoms with van der Waals surface area (Å²) in [6.45, 7) is 5.91. The van der Waals surface area contributed by atoms with Gasteiger partial charge >= 0.3 is 0 Å². The van der Waals surface area contributed by atoms with Crippen LogP contribution in [0.4, 0.5) is 0 Å². The third-order valence-corrected chi connectivity index (χ3v) is 2.48. The maximum absolute atomic E-state index is 9.24. The van der Waals surface area contributed by atoms with E-state index in [4.69, 9.17) is 0 Å². The minimum absolute atomic E-state index is 0.0445. The van der Waals surface area contributed by atoms with Crippen molar-refractivity contribution in [3.63, 3.8) is 0 Å². The summed E-state index contributed by atoms with van der Waals surface area (Å²) in [6, 6.07) is 3.93. The van der Waals surface area contributed by atoms with E-state index < -0.39 is 0 Å². The Bertz CT molecular complexity index is 488. The molecule has 0 spiro atoms. The molecular weight excluding hydrogens is 190 g/mol. The zero-order valence-electron chi connectivity index (χ0n) is 9.23. The molecule has 0 bridgehead atoms. The van der Waals surface area contributed by atoms with Crippen molar-refractivity contribution in [3.05, 3.63) is 29.7 Å². The lowest BCUT2D eigenvalue weighted by molar-refractivity contribution is 0.212. The standard InChI is InChI=1S/C11H15N3O/c1-8-4-5-9-12-10(11(2,3)7-15)13-14(9)6-8/h4-6,15H,7H2,1-3H3. The lowest BCUT2D eigenvalue weighted by Gasteiger charge is -2.16. The Balaban J connectivity index is 2.56. The van der Waals surface area contributed by atoms with E-state index in [9.17, 15) is 5.11 Å². The molecule has 0 saturated carbocycles. The first-order valence-electron chi connectivity index (χ1n) is 4.97. The smallest absolute Gasteiger partial charge is 0.159 e. The molecule has 0 unspecified atom stereocenters. The van der Waals surface area contributed by atoms with E-state index in [-0.39, 0.29) is 12.0 Å². The fraction of sp³-hybridized carbons (Fsp3) is 0.455. The van der Waals surface area contributed by atoms with Crippen molar-refractivity contribution < 1.29 is 5.11 Å². The number of aliphatic hydroxyl groups excluding tert-OH is 1. The molecule has 0 atom stereocenters. The first-order chi connectivity index (χ1) is 7.03. The van der Waals surface area contributed by atoms with Crippen LogP contribution < -0.4 is 0 Å². The third-order valence-electron chi connectivity index (χ3n) is 2.48. The normalized spacial score (nSPS) is 12.3. The second kappa shape index (κ2) is 3.31. The van der Waals surface area contributed by atoms with Crippen LogP contribution in [0, 0.1) is 6.92 Å². The highest BCUT2D eigenvalue weighted by Crippen LogP contribution is 2.19. The van der Waals surface area contributed by atoms with Gasteiger partial charge in [-0.25, -0.2) is 9.50 Å². The van der Waals surface area contributed by atoms with Crippen molar-refractivity contribution in [3.8, 4) is 0 Å². The SMILES string of the molecule is Cc1ccc2nc(C(C)(C)CO)nn2c1. The van der Waals surface area contributed by atoms with Crippen molar-refractivity contribution in [2.24, 2.45) is 0 Å². The summed E-state index contributed by atoms with van der Waals surface area (Å²) in [5.41, 5.74) is 1.57. The van der Waals surface area contributed by atoms with E-state index in [1.54, 1.807) is 4.52 Å². The third kappa shape index (κ3) is 1.72. The highest BCUT2D eigenvalue weighted by molar-refractivity contribution is 5.39. The Morgan fingerprint density at radius 2 is 2.13 bits per heavy atom. The van der Waals surface area contributed by atoms with E-state index in [1.807, 2.05) is 39.1 Å². The number of nitrogens with zero attached hydrogens (tertiary/aromatic N) is 3. The molecule has 15 heavy (non-hydrogen) atoms. The Labute approximate surface area is 88.6 Å². The Kier molecular flexibility index (Phi) is 2.23. The predicted molar refractivity (Wildman–Crippen MR) is 57.8 cm³/mol. The van der Waals surface area contributed by atoms with Crippen LogP contribution in [0.3, 0.4) is 0 Å². The summed E-state index contributed by atoms with van der Waals surface area (Å²) >= 11 is 0. The molecule has 2 heterocycles. The molecule has 2 rings (SSSR count). The highest BCUT2D eigenvalue weighted by Gasteiger charge is 2.24. The lowest BCUT2D eigenvalue weighted by atomic mass is 9.94. The van der Waals surface area contributed by atoms with E-state index in [0.717, 1.165) is 11.2 Å². The van der Waals surface area contributed by atoms with Crippen molar-refractivity contribution in [2.45, 2.75) is 26.2 Å². The topological polar surface area (TPSA) is 50.4 Å². The van der Waals surface area contributed by atoms with Gasteiger partial charge in [-0.3, -0.25) is 0 Å². The molecular formula is C11H15N3O. The number of hydrogen-bond acceptors (Lipinski definition) is 3. The number of pyridine rings is 1. The Morgan fingerprint density at radius 3 is 2.80 bits per heavy atom. The molecule has 1 N–H and O–H groups in total. The summed E-state index contributed by atoms with van der Waals surface area (Å²) in [5, 5.41) is 13.6. The zero-order valence-corrected chi connectivity index (χ0v) is 9.23. The molecule has 2 aromatic rings. The van der Waals surface area contributed by atoms with Gasteiger partial charge in [0.15, 0.2) is 11.5 Å². The number of rotatable bonds is 2. The van der Waals surface area contributed by atoms with Crippen molar-refractivity contribution >= 4 is 5.65 Å². The highest BCUT2D eigenvalue weighted by atomic mass is 16.3. The lowest BCUT2D eigenvalue weighted by Crippen LogP contribution is -2.23. The number of fused-ring (bicyclic) bond motifs is 1. The average Bonchev–Trinajstić information content (AvgIpc) is 2.61. The van der Waals surface area contributed by atoms with Crippen molar-refractivity contribution in [1.29, 1.82) is 0 Å². The van der Waals surface area contributed by atoms with Gasteiger partial charge in [-0.2, -0.15) is 5.10 Å². The summed E-state index contributed by atoms with van der Waals surface area (Å²) < 4.78 is 1.75. The van der Waals surface area contributed by atoms with Gasteiger partial charge in [0.1, 0.15) is 0 Å². The van der Waals surface area contributed by atoms with E-state index >= 15 is 0 Å². The van der Waals surface area contributed by atoms with Crippen LogP contribution >= 0.6 is 0 Å². The van der Waals surface area contributed by atoms with Crippen LogP contribution in [0.5, 0.6) is 0 Å².